The summed E-state index contributed by atoms with van der Waals surface area (Å²) in [6, 6.07) is 3.95. The summed E-state index contributed by atoms with van der Waals surface area (Å²) in [5, 5.41) is 3.09. The van der Waals surface area contributed by atoms with Gasteiger partial charge in [-0.3, -0.25) is 0 Å². The first-order valence-electron chi connectivity index (χ1n) is 9.59. The second kappa shape index (κ2) is 10.2. The second-order valence-corrected chi connectivity index (χ2v) is 7.86. The number of rotatable bonds is 5. The van der Waals surface area contributed by atoms with Crippen LogP contribution in [0.4, 0.5) is 5.13 Å². The average molecular weight is 514 g/mol. The van der Waals surface area contributed by atoms with Gasteiger partial charge in [0.15, 0.2) is 11.1 Å². The molecule has 2 aromatic rings. The fraction of sp³-hybridized carbons (Fsp3) is 0.526. The molecule has 1 saturated carbocycles. The van der Waals surface area contributed by atoms with Gasteiger partial charge in [0.25, 0.3) is 0 Å². The van der Waals surface area contributed by atoms with Crippen molar-refractivity contribution >= 4 is 46.4 Å². The van der Waals surface area contributed by atoms with Crippen molar-refractivity contribution in [3.05, 3.63) is 35.5 Å². The highest BCUT2D eigenvalue weighted by Gasteiger charge is 2.20. The standard InChI is InChI=1S/C19H26N6OS.HI/c20-18(24-8-10-25(11-9-24)19-22-7-12-27-19)23-14-15-5-6-21-17(13-15)26-16-3-1-2-4-16;/h5-7,12-13,16H,1-4,8-11,14H2,(H2,20,23);1H. The van der Waals surface area contributed by atoms with Crippen LogP contribution in [0.5, 0.6) is 5.88 Å². The maximum atomic E-state index is 6.23. The molecule has 7 nitrogen and oxygen atoms in total. The Bertz CT molecular complexity index is 758. The van der Waals surface area contributed by atoms with Gasteiger partial charge in [-0.25, -0.2) is 15.0 Å². The van der Waals surface area contributed by atoms with E-state index in [9.17, 15) is 0 Å². The topological polar surface area (TPSA) is 79.9 Å². The molecule has 0 atom stereocenters. The Morgan fingerprint density at radius 1 is 1.18 bits per heavy atom. The zero-order valence-electron chi connectivity index (χ0n) is 15.9. The molecular weight excluding hydrogens is 487 g/mol. The van der Waals surface area contributed by atoms with Crippen LogP contribution in [0.2, 0.25) is 0 Å². The summed E-state index contributed by atoms with van der Waals surface area (Å²) in [6.07, 6.45) is 8.71. The lowest BCUT2D eigenvalue weighted by atomic mass is 10.2. The minimum Gasteiger partial charge on any atom is -0.474 e. The van der Waals surface area contributed by atoms with Crippen LogP contribution in [-0.4, -0.2) is 53.1 Å². The van der Waals surface area contributed by atoms with Gasteiger partial charge in [-0.05, 0) is 37.3 Å². The van der Waals surface area contributed by atoms with Crippen molar-refractivity contribution in [2.24, 2.45) is 10.7 Å². The first-order valence-corrected chi connectivity index (χ1v) is 10.5. The monoisotopic (exact) mass is 514 g/mol. The SMILES string of the molecule is I.NC(=NCc1ccnc(OC2CCCC2)c1)N1CCN(c2nccs2)CC1. The van der Waals surface area contributed by atoms with Gasteiger partial charge >= 0.3 is 0 Å². The van der Waals surface area contributed by atoms with Crippen LogP contribution >= 0.6 is 35.3 Å². The molecule has 9 heteroatoms. The number of aromatic nitrogens is 2. The average Bonchev–Trinajstić information content (AvgIpc) is 3.41. The van der Waals surface area contributed by atoms with Gasteiger partial charge in [-0.2, -0.15) is 0 Å². The number of halogens is 1. The zero-order chi connectivity index (χ0) is 18.5. The fourth-order valence-electron chi connectivity index (χ4n) is 3.56. The van der Waals surface area contributed by atoms with Crippen molar-refractivity contribution in [3.8, 4) is 5.88 Å². The summed E-state index contributed by atoms with van der Waals surface area (Å²) in [5.74, 6) is 1.30. The van der Waals surface area contributed by atoms with Crippen molar-refractivity contribution in [3.63, 3.8) is 0 Å². The lowest BCUT2D eigenvalue weighted by molar-refractivity contribution is 0.201. The van der Waals surface area contributed by atoms with Crippen LogP contribution < -0.4 is 15.4 Å². The van der Waals surface area contributed by atoms with E-state index in [0.29, 0.717) is 24.5 Å². The Morgan fingerprint density at radius 3 is 2.68 bits per heavy atom. The summed E-state index contributed by atoms with van der Waals surface area (Å²) in [7, 11) is 0. The lowest BCUT2D eigenvalue weighted by Crippen LogP contribution is -2.51. The molecule has 3 heterocycles. The molecule has 28 heavy (non-hydrogen) atoms. The zero-order valence-corrected chi connectivity index (χ0v) is 19.0. The molecule has 1 aliphatic heterocycles. The van der Waals surface area contributed by atoms with Crippen molar-refractivity contribution in [1.29, 1.82) is 0 Å². The lowest BCUT2D eigenvalue weighted by Gasteiger charge is -2.35. The van der Waals surface area contributed by atoms with E-state index in [-0.39, 0.29) is 24.0 Å². The molecule has 152 valence electrons. The highest BCUT2D eigenvalue weighted by Crippen LogP contribution is 2.23. The Balaban J connectivity index is 0.00000225. The molecule has 0 spiro atoms. The normalized spacial score (nSPS) is 18.2. The molecule has 2 aliphatic rings. The molecule has 0 bridgehead atoms. The number of aliphatic imine (C=N–C) groups is 1. The van der Waals surface area contributed by atoms with E-state index in [1.54, 1.807) is 17.5 Å². The maximum Gasteiger partial charge on any atom is 0.213 e. The summed E-state index contributed by atoms with van der Waals surface area (Å²) >= 11 is 1.68. The molecule has 0 aromatic carbocycles. The molecule has 1 saturated heterocycles. The number of nitrogens with two attached hydrogens (primary N) is 1. The third-order valence-corrected chi connectivity index (χ3v) is 5.94. The maximum absolute atomic E-state index is 6.23. The number of hydrogen-bond donors (Lipinski definition) is 1. The second-order valence-electron chi connectivity index (χ2n) is 6.99. The molecule has 2 fully saturated rings. The van der Waals surface area contributed by atoms with Crippen LogP contribution in [0, 0.1) is 0 Å². The number of hydrogen-bond acceptors (Lipinski definition) is 6. The first kappa shape index (κ1) is 21.1. The highest BCUT2D eigenvalue weighted by atomic mass is 127. The van der Waals surface area contributed by atoms with Crippen LogP contribution in [-0.2, 0) is 6.54 Å². The molecule has 4 rings (SSSR count). The number of guanidine groups is 1. The molecular formula is C19H27IN6OS. The number of piperazine rings is 1. The molecule has 0 radical (unpaired) electrons. The van der Waals surface area contributed by atoms with Gasteiger partial charge < -0.3 is 20.3 Å². The third-order valence-electron chi connectivity index (χ3n) is 5.11. The molecule has 0 amide bonds. The van der Waals surface area contributed by atoms with E-state index >= 15 is 0 Å². The number of pyridine rings is 1. The summed E-state index contributed by atoms with van der Waals surface area (Å²) in [4.78, 5) is 17.7. The van der Waals surface area contributed by atoms with Gasteiger partial charge in [0, 0.05) is 50.0 Å². The summed E-state index contributed by atoms with van der Waals surface area (Å²) < 4.78 is 5.97. The summed E-state index contributed by atoms with van der Waals surface area (Å²) in [6.45, 7) is 4.10. The first-order chi connectivity index (χ1) is 13.3. The van der Waals surface area contributed by atoms with E-state index in [0.717, 1.165) is 49.7 Å². The Labute approximate surface area is 187 Å². The van der Waals surface area contributed by atoms with Crippen molar-refractivity contribution in [2.75, 3.05) is 31.1 Å². The van der Waals surface area contributed by atoms with E-state index in [2.05, 4.69) is 24.8 Å². The van der Waals surface area contributed by atoms with Crippen molar-refractivity contribution in [2.45, 2.75) is 38.3 Å². The van der Waals surface area contributed by atoms with Crippen LogP contribution in [0.3, 0.4) is 0 Å². The van der Waals surface area contributed by atoms with Crippen LogP contribution in [0.25, 0.3) is 0 Å². The van der Waals surface area contributed by atoms with E-state index in [1.807, 2.05) is 23.7 Å². The summed E-state index contributed by atoms with van der Waals surface area (Å²) in [5.41, 5.74) is 7.30. The Morgan fingerprint density at radius 2 is 1.96 bits per heavy atom. The molecule has 0 unspecified atom stereocenters. The van der Waals surface area contributed by atoms with Crippen LogP contribution in [0.1, 0.15) is 31.2 Å². The Kier molecular flexibility index (Phi) is 7.72. The number of anilines is 1. The van der Waals surface area contributed by atoms with Crippen LogP contribution in [0.15, 0.2) is 34.9 Å². The van der Waals surface area contributed by atoms with E-state index < -0.39 is 0 Å². The number of thiazole rings is 1. The fourth-order valence-corrected chi connectivity index (χ4v) is 4.26. The number of nitrogens with zero attached hydrogens (tertiary/aromatic N) is 5. The largest absolute Gasteiger partial charge is 0.474 e. The van der Waals surface area contributed by atoms with Gasteiger partial charge in [0.2, 0.25) is 5.88 Å². The third kappa shape index (κ3) is 5.47. The van der Waals surface area contributed by atoms with Crippen molar-refractivity contribution < 1.29 is 4.74 Å². The minimum absolute atomic E-state index is 0. The molecule has 2 N–H and O–H groups in total. The molecule has 2 aromatic heterocycles. The minimum atomic E-state index is 0. The van der Waals surface area contributed by atoms with Gasteiger partial charge in [-0.15, -0.1) is 35.3 Å². The van der Waals surface area contributed by atoms with E-state index in [4.69, 9.17) is 10.5 Å². The predicted molar refractivity (Wildman–Crippen MR) is 124 cm³/mol. The van der Waals surface area contributed by atoms with Gasteiger partial charge in [-0.1, -0.05) is 0 Å². The molecule has 1 aliphatic carbocycles. The van der Waals surface area contributed by atoms with Crippen molar-refractivity contribution in [1.82, 2.24) is 14.9 Å². The van der Waals surface area contributed by atoms with Gasteiger partial charge in [0.1, 0.15) is 6.10 Å². The highest BCUT2D eigenvalue weighted by molar-refractivity contribution is 14.0. The Hall–Kier alpha value is -1.62. The van der Waals surface area contributed by atoms with Gasteiger partial charge in [0.05, 0.1) is 6.54 Å². The smallest absolute Gasteiger partial charge is 0.213 e. The number of ether oxygens (including phenoxy) is 1. The van der Waals surface area contributed by atoms with E-state index in [1.165, 1.54) is 12.8 Å². The quantitative estimate of drug-likeness (QED) is 0.376. The predicted octanol–water partition coefficient (Wildman–Crippen LogP) is 3.11.